The second-order valence-corrected chi connectivity index (χ2v) is 5.58. The average Bonchev–Trinajstić information content (AvgIpc) is 2.48. The SMILES string of the molecule is Cc1c(Cl)cccc1OCC(=O)NCC1CCCNC1. The Morgan fingerprint density at radius 3 is 3.15 bits per heavy atom. The molecule has 0 radical (unpaired) electrons. The molecular formula is C15H21ClN2O2. The summed E-state index contributed by atoms with van der Waals surface area (Å²) in [5.74, 6) is 1.10. The molecule has 1 aromatic carbocycles. The van der Waals surface area contributed by atoms with Crippen LogP contribution in [-0.2, 0) is 4.79 Å². The van der Waals surface area contributed by atoms with Gasteiger partial charge in [0.05, 0.1) is 0 Å². The van der Waals surface area contributed by atoms with E-state index in [9.17, 15) is 4.79 Å². The number of halogens is 1. The Morgan fingerprint density at radius 1 is 1.55 bits per heavy atom. The number of ether oxygens (including phenoxy) is 1. The summed E-state index contributed by atoms with van der Waals surface area (Å²) in [6.45, 7) is 4.68. The molecule has 1 unspecified atom stereocenters. The average molecular weight is 297 g/mol. The molecule has 1 saturated heterocycles. The number of nitrogens with one attached hydrogen (secondary N) is 2. The number of hydrogen-bond acceptors (Lipinski definition) is 3. The zero-order valence-corrected chi connectivity index (χ0v) is 12.5. The summed E-state index contributed by atoms with van der Waals surface area (Å²) in [4.78, 5) is 11.8. The second kappa shape index (κ2) is 7.50. The number of piperidine rings is 1. The fraction of sp³-hybridized carbons (Fsp3) is 0.533. The third-order valence-electron chi connectivity index (χ3n) is 3.56. The van der Waals surface area contributed by atoms with E-state index in [4.69, 9.17) is 16.3 Å². The number of benzene rings is 1. The largest absolute Gasteiger partial charge is 0.483 e. The molecule has 110 valence electrons. The molecule has 0 saturated carbocycles. The van der Waals surface area contributed by atoms with Gasteiger partial charge in [-0.3, -0.25) is 4.79 Å². The van der Waals surface area contributed by atoms with Crippen molar-refractivity contribution in [1.82, 2.24) is 10.6 Å². The van der Waals surface area contributed by atoms with Gasteiger partial charge in [0.15, 0.2) is 6.61 Å². The van der Waals surface area contributed by atoms with Crippen molar-refractivity contribution < 1.29 is 9.53 Å². The third-order valence-corrected chi connectivity index (χ3v) is 3.97. The zero-order chi connectivity index (χ0) is 14.4. The molecule has 0 spiro atoms. The van der Waals surface area contributed by atoms with Crippen molar-refractivity contribution in [3.63, 3.8) is 0 Å². The molecular weight excluding hydrogens is 276 g/mol. The minimum absolute atomic E-state index is 0.0291. The van der Waals surface area contributed by atoms with Gasteiger partial charge >= 0.3 is 0 Å². The topological polar surface area (TPSA) is 50.4 Å². The molecule has 1 amide bonds. The van der Waals surface area contributed by atoms with Crippen molar-refractivity contribution in [1.29, 1.82) is 0 Å². The van der Waals surface area contributed by atoms with E-state index < -0.39 is 0 Å². The first-order chi connectivity index (χ1) is 9.66. The highest BCUT2D eigenvalue weighted by Crippen LogP contribution is 2.24. The standard InChI is InChI=1S/C15H21ClN2O2/c1-11-13(16)5-2-6-14(11)20-10-15(19)18-9-12-4-3-7-17-8-12/h2,5-6,12,17H,3-4,7-10H2,1H3,(H,18,19). The number of carbonyl (C=O) groups is 1. The van der Waals surface area contributed by atoms with Gasteiger partial charge in [0.25, 0.3) is 5.91 Å². The van der Waals surface area contributed by atoms with E-state index in [1.165, 1.54) is 12.8 Å². The maximum Gasteiger partial charge on any atom is 0.257 e. The minimum Gasteiger partial charge on any atom is -0.483 e. The normalized spacial score (nSPS) is 18.6. The highest BCUT2D eigenvalue weighted by molar-refractivity contribution is 6.31. The van der Waals surface area contributed by atoms with Gasteiger partial charge in [0, 0.05) is 17.1 Å². The van der Waals surface area contributed by atoms with Crippen molar-refractivity contribution in [2.24, 2.45) is 5.92 Å². The molecule has 5 heteroatoms. The molecule has 4 nitrogen and oxygen atoms in total. The van der Waals surface area contributed by atoms with E-state index in [2.05, 4.69) is 10.6 Å². The molecule has 1 aliphatic heterocycles. The van der Waals surface area contributed by atoms with Gasteiger partial charge in [-0.05, 0) is 50.9 Å². The Bertz CT molecular complexity index is 459. The lowest BCUT2D eigenvalue weighted by Crippen LogP contribution is -2.39. The van der Waals surface area contributed by atoms with Crippen LogP contribution in [0.3, 0.4) is 0 Å². The van der Waals surface area contributed by atoms with E-state index in [1.54, 1.807) is 6.07 Å². The van der Waals surface area contributed by atoms with Crippen LogP contribution in [-0.4, -0.2) is 32.1 Å². The summed E-state index contributed by atoms with van der Waals surface area (Å²) in [6, 6.07) is 5.44. The Labute approximate surface area is 124 Å². The molecule has 20 heavy (non-hydrogen) atoms. The highest BCUT2D eigenvalue weighted by Gasteiger charge is 2.14. The molecule has 2 N–H and O–H groups in total. The predicted octanol–water partition coefficient (Wildman–Crippen LogP) is 2.14. The molecule has 2 rings (SSSR count). The highest BCUT2D eigenvalue weighted by atomic mass is 35.5. The zero-order valence-electron chi connectivity index (χ0n) is 11.7. The number of hydrogen-bond donors (Lipinski definition) is 2. The summed E-state index contributed by atoms with van der Waals surface area (Å²) < 4.78 is 5.51. The van der Waals surface area contributed by atoms with E-state index in [0.717, 1.165) is 18.7 Å². The van der Waals surface area contributed by atoms with Gasteiger partial charge in [-0.25, -0.2) is 0 Å². The van der Waals surface area contributed by atoms with Crippen LogP contribution in [0.4, 0.5) is 0 Å². The van der Waals surface area contributed by atoms with Gasteiger partial charge < -0.3 is 15.4 Å². The van der Waals surface area contributed by atoms with Crippen LogP contribution in [0.2, 0.25) is 5.02 Å². The maximum absolute atomic E-state index is 11.8. The summed E-state index contributed by atoms with van der Waals surface area (Å²) in [5, 5.41) is 6.90. The quantitative estimate of drug-likeness (QED) is 0.875. The molecule has 1 heterocycles. The first kappa shape index (κ1) is 15.1. The number of rotatable bonds is 5. The first-order valence-electron chi connectivity index (χ1n) is 7.02. The lowest BCUT2D eigenvalue weighted by molar-refractivity contribution is -0.123. The molecule has 1 aliphatic rings. The van der Waals surface area contributed by atoms with Gasteiger partial charge in [0.2, 0.25) is 0 Å². The summed E-state index contributed by atoms with van der Waals surface area (Å²) in [5.41, 5.74) is 0.860. The van der Waals surface area contributed by atoms with Crippen molar-refractivity contribution in [3.8, 4) is 5.75 Å². The van der Waals surface area contributed by atoms with Gasteiger partial charge in [-0.15, -0.1) is 0 Å². The van der Waals surface area contributed by atoms with Crippen molar-refractivity contribution in [3.05, 3.63) is 28.8 Å². The molecule has 0 aliphatic carbocycles. The van der Waals surface area contributed by atoms with Crippen molar-refractivity contribution in [2.75, 3.05) is 26.2 Å². The van der Waals surface area contributed by atoms with E-state index >= 15 is 0 Å². The monoisotopic (exact) mass is 296 g/mol. The van der Waals surface area contributed by atoms with Crippen molar-refractivity contribution >= 4 is 17.5 Å². The van der Waals surface area contributed by atoms with Crippen LogP contribution in [0.5, 0.6) is 5.75 Å². The van der Waals surface area contributed by atoms with Crippen molar-refractivity contribution in [2.45, 2.75) is 19.8 Å². The predicted molar refractivity (Wildman–Crippen MR) is 80.3 cm³/mol. The molecule has 1 fully saturated rings. The van der Waals surface area contributed by atoms with Crippen LogP contribution in [0, 0.1) is 12.8 Å². The Balaban J connectivity index is 1.73. The van der Waals surface area contributed by atoms with Gasteiger partial charge in [-0.1, -0.05) is 17.7 Å². The van der Waals surface area contributed by atoms with Crippen LogP contribution in [0.1, 0.15) is 18.4 Å². The molecule has 0 bridgehead atoms. The first-order valence-corrected chi connectivity index (χ1v) is 7.40. The fourth-order valence-electron chi connectivity index (χ4n) is 2.29. The van der Waals surface area contributed by atoms with Crippen LogP contribution >= 0.6 is 11.6 Å². The maximum atomic E-state index is 11.8. The Hall–Kier alpha value is -1.26. The molecule has 1 atom stereocenters. The second-order valence-electron chi connectivity index (χ2n) is 5.17. The van der Waals surface area contributed by atoms with Gasteiger partial charge in [0.1, 0.15) is 5.75 Å². The van der Waals surface area contributed by atoms with Crippen LogP contribution in [0.25, 0.3) is 0 Å². The summed E-state index contributed by atoms with van der Waals surface area (Å²) in [6.07, 6.45) is 2.35. The van der Waals surface area contributed by atoms with Crippen LogP contribution in [0.15, 0.2) is 18.2 Å². The lowest BCUT2D eigenvalue weighted by Gasteiger charge is -2.22. The fourth-order valence-corrected chi connectivity index (χ4v) is 2.46. The van der Waals surface area contributed by atoms with Crippen LogP contribution < -0.4 is 15.4 Å². The summed E-state index contributed by atoms with van der Waals surface area (Å²) >= 11 is 6.00. The molecule has 0 aromatic heterocycles. The molecule has 1 aromatic rings. The van der Waals surface area contributed by atoms with Gasteiger partial charge in [-0.2, -0.15) is 0 Å². The summed E-state index contributed by atoms with van der Waals surface area (Å²) in [7, 11) is 0. The smallest absolute Gasteiger partial charge is 0.257 e. The number of carbonyl (C=O) groups excluding carboxylic acids is 1. The van der Waals surface area contributed by atoms with E-state index in [0.29, 0.717) is 23.2 Å². The van der Waals surface area contributed by atoms with E-state index in [1.807, 2.05) is 19.1 Å². The third kappa shape index (κ3) is 4.39. The van der Waals surface area contributed by atoms with E-state index in [-0.39, 0.29) is 12.5 Å². The Kier molecular flexibility index (Phi) is 5.68. The lowest BCUT2D eigenvalue weighted by atomic mass is 10.00. The minimum atomic E-state index is -0.0880. The Morgan fingerprint density at radius 2 is 2.40 bits per heavy atom. The number of amides is 1.